The molecule has 0 aliphatic rings. The van der Waals surface area contributed by atoms with E-state index < -0.39 is 0 Å². The first-order chi connectivity index (χ1) is 29.6. The predicted octanol–water partition coefficient (Wildman–Crippen LogP) is 16.7. The molecular formula is C49H53Br2N3O3S3. The number of aromatic nitrogens is 3. The monoisotopic (exact) mass is 985 g/mol. The molecule has 5 aromatic heterocycles. The molecule has 0 unspecified atom stereocenters. The van der Waals surface area contributed by atoms with Crippen molar-refractivity contribution < 1.29 is 14.2 Å². The molecule has 0 saturated heterocycles. The van der Waals surface area contributed by atoms with Crippen LogP contribution < -0.4 is 14.2 Å². The maximum Gasteiger partial charge on any atom is 0.134 e. The highest BCUT2D eigenvalue weighted by molar-refractivity contribution is 9.11. The molecule has 0 radical (unpaired) electrons. The van der Waals surface area contributed by atoms with Crippen LogP contribution in [0.1, 0.15) is 96.8 Å². The third-order valence-electron chi connectivity index (χ3n) is 10.4. The molecule has 0 aliphatic carbocycles. The Morgan fingerprint density at radius 2 is 1.05 bits per heavy atom. The van der Waals surface area contributed by atoms with Crippen LogP contribution in [0.2, 0.25) is 0 Å². The summed E-state index contributed by atoms with van der Waals surface area (Å²) >= 11 is 12.6. The van der Waals surface area contributed by atoms with Gasteiger partial charge in [0.2, 0.25) is 0 Å². The molecule has 2 aromatic carbocycles. The fourth-order valence-electron chi connectivity index (χ4n) is 7.12. The average Bonchev–Trinajstić information content (AvgIpc) is 4.08. The second kappa shape index (κ2) is 23.6. The summed E-state index contributed by atoms with van der Waals surface area (Å²) < 4.78 is 20.2. The van der Waals surface area contributed by atoms with Crippen molar-refractivity contribution in [2.75, 3.05) is 19.8 Å². The molecule has 0 N–H and O–H groups in total. The molecule has 0 saturated carbocycles. The molecule has 5 heterocycles. The van der Waals surface area contributed by atoms with Crippen LogP contribution in [0, 0.1) is 0 Å². The van der Waals surface area contributed by atoms with Crippen LogP contribution in [-0.2, 0) is 0 Å². The lowest BCUT2D eigenvalue weighted by atomic mass is 10.1. The van der Waals surface area contributed by atoms with Crippen molar-refractivity contribution in [2.24, 2.45) is 0 Å². The van der Waals surface area contributed by atoms with Crippen molar-refractivity contribution in [3.8, 4) is 59.4 Å². The number of hydrogen-bond acceptors (Lipinski definition) is 9. The zero-order chi connectivity index (χ0) is 41.4. The summed E-state index contributed by atoms with van der Waals surface area (Å²) in [5.74, 6) is 2.60. The first-order valence-electron chi connectivity index (χ1n) is 21.4. The molecule has 314 valence electrons. The van der Waals surface area contributed by atoms with E-state index in [2.05, 4.69) is 98.1 Å². The van der Waals surface area contributed by atoms with Gasteiger partial charge in [0, 0.05) is 21.5 Å². The number of fused-ring (bicyclic) bond motifs is 1. The van der Waals surface area contributed by atoms with E-state index >= 15 is 0 Å². The van der Waals surface area contributed by atoms with Crippen LogP contribution in [0.15, 0.2) is 105 Å². The summed E-state index contributed by atoms with van der Waals surface area (Å²) in [4.78, 5) is 20.1. The molecule has 7 aromatic rings. The van der Waals surface area contributed by atoms with E-state index in [1.54, 1.807) is 34.0 Å². The average molecular weight is 988 g/mol. The highest BCUT2D eigenvalue weighted by Gasteiger charge is 2.23. The maximum atomic E-state index is 6.19. The standard InChI is InChI=1S/C49H53Br2N3O3S3/c1-2-3-4-5-10-16-29-56-40-33-38(51)41(34-37(40)50)57-30-17-12-9-7-6-8-11-15-28-55-36-25-23-35(24-26-36)44-45(39-20-13-14-27-52-39)54-47-46(53-44)48(42-21-18-31-58-42)60-49(47)43-22-19-32-59-43/h13-14,18-27,31-34H,2-12,15-17,28-30H2,1H3. The number of pyridine rings is 1. The molecule has 0 bridgehead atoms. The third-order valence-corrected chi connectivity index (χ3v) is 14.9. The SMILES string of the molecule is CCCCCCCCOc1cc(Br)c(OCCCCCCCCCCOc2ccc(-c3nc4c(-c5cccs5)sc(-c5cccs5)c4nc3-c3ccccn3)cc2)cc1Br. The highest BCUT2D eigenvalue weighted by atomic mass is 79.9. The molecule has 0 amide bonds. The Labute approximate surface area is 384 Å². The van der Waals surface area contributed by atoms with Gasteiger partial charge in [-0.15, -0.1) is 34.0 Å². The van der Waals surface area contributed by atoms with Gasteiger partial charge in [-0.3, -0.25) is 4.98 Å². The Balaban J connectivity index is 0.831. The first-order valence-corrected chi connectivity index (χ1v) is 25.6. The van der Waals surface area contributed by atoms with Gasteiger partial charge in [0.05, 0.1) is 49.9 Å². The Morgan fingerprint density at radius 1 is 0.533 bits per heavy atom. The van der Waals surface area contributed by atoms with Crippen LogP contribution in [-0.4, -0.2) is 34.8 Å². The topological polar surface area (TPSA) is 66.4 Å². The number of rotatable bonds is 25. The van der Waals surface area contributed by atoms with Gasteiger partial charge in [-0.25, -0.2) is 9.97 Å². The fourth-order valence-corrected chi connectivity index (χ4v) is 10.9. The van der Waals surface area contributed by atoms with E-state index in [0.717, 1.165) is 102 Å². The minimum atomic E-state index is 0.712. The van der Waals surface area contributed by atoms with Crippen LogP contribution in [0.5, 0.6) is 17.2 Å². The minimum absolute atomic E-state index is 0.712. The number of hydrogen-bond donors (Lipinski definition) is 0. The highest BCUT2D eigenvalue weighted by Crippen LogP contribution is 2.47. The molecule has 0 aliphatic heterocycles. The van der Waals surface area contributed by atoms with Gasteiger partial charge in [-0.1, -0.05) is 95.8 Å². The normalized spacial score (nSPS) is 11.4. The van der Waals surface area contributed by atoms with Crippen LogP contribution in [0.25, 0.3) is 53.2 Å². The quantitative estimate of drug-likeness (QED) is 0.0532. The van der Waals surface area contributed by atoms with Gasteiger partial charge >= 0.3 is 0 Å². The lowest BCUT2D eigenvalue weighted by molar-refractivity contribution is 0.293. The number of nitrogens with zero attached hydrogens (tertiary/aromatic N) is 3. The number of halogens is 2. The largest absolute Gasteiger partial charge is 0.494 e. The summed E-state index contributed by atoms with van der Waals surface area (Å²) in [5, 5.41) is 4.24. The van der Waals surface area contributed by atoms with Gasteiger partial charge in [0.25, 0.3) is 0 Å². The Bertz CT molecular complexity index is 2330. The zero-order valence-electron chi connectivity index (χ0n) is 34.3. The predicted molar refractivity (Wildman–Crippen MR) is 261 cm³/mol. The maximum absolute atomic E-state index is 6.19. The summed E-state index contributed by atoms with van der Waals surface area (Å²) in [6.07, 6.45) is 18.8. The minimum Gasteiger partial charge on any atom is -0.494 e. The van der Waals surface area contributed by atoms with Crippen LogP contribution in [0.3, 0.4) is 0 Å². The van der Waals surface area contributed by atoms with E-state index in [9.17, 15) is 0 Å². The number of ether oxygens (including phenoxy) is 3. The van der Waals surface area contributed by atoms with Gasteiger partial charge in [-0.2, -0.15) is 0 Å². The van der Waals surface area contributed by atoms with E-state index in [4.69, 9.17) is 29.2 Å². The first kappa shape index (κ1) is 44.4. The molecule has 0 fully saturated rings. The van der Waals surface area contributed by atoms with Crippen molar-refractivity contribution in [3.63, 3.8) is 0 Å². The zero-order valence-corrected chi connectivity index (χ0v) is 39.9. The Hall–Kier alpha value is -3.61. The van der Waals surface area contributed by atoms with E-state index in [0.29, 0.717) is 6.61 Å². The Kier molecular flexibility index (Phi) is 17.5. The molecular weight excluding hydrogens is 935 g/mol. The van der Waals surface area contributed by atoms with Crippen molar-refractivity contribution in [2.45, 2.75) is 96.8 Å². The van der Waals surface area contributed by atoms with Gasteiger partial charge in [0.15, 0.2) is 0 Å². The number of benzene rings is 2. The summed E-state index contributed by atoms with van der Waals surface area (Å²) in [6.45, 7) is 4.43. The second-order valence-electron chi connectivity index (χ2n) is 14.9. The van der Waals surface area contributed by atoms with E-state index in [-0.39, 0.29) is 0 Å². The fraction of sp³-hybridized carbons (Fsp3) is 0.367. The van der Waals surface area contributed by atoms with Crippen molar-refractivity contribution >= 4 is 76.9 Å². The number of unbranched alkanes of at least 4 members (excludes halogenated alkanes) is 12. The van der Waals surface area contributed by atoms with Gasteiger partial charge in [-0.05, 0) is 123 Å². The van der Waals surface area contributed by atoms with E-state index in [1.165, 1.54) is 80.4 Å². The van der Waals surface area contributed by atoms with Gasteiger partial charge in [0.1, 0.15) is 34.0 Å². The summed E-state index contributed by atoms with van der Waals surface area (Å²) in [7, 11) is 0. The summed E-state index contributed by atoms with van der Waals surface area (Å²) in [6, 6.07) is 26.8. The molecule has 7 rings (SSSR count). The smallest absolute Gasteiger partial charge is 0.134 e. The van der Waals surface area contributed by atoms with Crippen LogP contribution >= 0.6 is 65.9 Å². The third kappa shape index (κ3) is 12.3. The van der Waals surface area contributed by atoms with Crippen molar-refractivity contribution in [3.05, 3.63) is 105 Å². The van der Waals surface area contributed by atoms with E-state index in [1.807, 2.05) is 36.5 Å². The van der Waals surface area contributed by atoms with Crippen LogP contribution in [0.4, 0.5) is 0 Å². The summed E-state index contributed by atoms with van der Waals surface area (Å²) in [5.41, 5.74) is 5.25. The molecule has 6 nitrogen and oxygen atoms in total. The molecule has 60 heavy (non-hydrogen) atoms. The Morgan fingerprint density at radius 3 is 1.55 bits per heavy atom. The van der Waals surface area contributed by atoms with Crippen molar-refractivity contribution in [1.82, 2.24) is 15.0 Å². The van der Waals surface area contributed by atoms with Crippen molar-refractivity contribution in [1.29, 1.82) is 0 Å². The number of thiophene rings is 3. The molecule has 11 heteroatoms. The lowest BCUT2D eigenvalue weighted by Gasteiger charge is -2.13. The molecule has 0 atom stereocenters. The second-order valence-corrected chi connectivity index (χ2v) is 19.6. The van der Waals surface area contributed by atoms with Gasteiger partial charge < -0.3 is 14.2 Å². The molecule has 0 spiro atoms. The lowest BCUT2D eigenvalue weighted by Crippen LogP contribution is -2.01.